The molecule has 1 heterocycles. The number of hydrogen-bond donors (Lipinski definition) is 2. The smallest absolute Gasteiger partial charge is 0.255 e. The average molecular weight is 298 g/mol. The van der Waals surface area contributed by atoms with Gasteiger partial charge in [-0.2, -0.15) is 0 Å². The molecular formula is C18H22N2O2. The van der Waals surface area contributed by atoms with Gasteiger partial charge in [0, 0.05) is 18.7 Å². The van der Waals surface area contributed by atoms with Crippen LogP contribution in [0.2, 0.25) is 0 Å². The van der Waals surface area contributed by atoms with Gasteiger partial charge in [-0.3, -0.25) is 4.79 Å². The van der Waals surface area contributed by atoms with E-state index in [1.165, 1.54) is 24.0 Å². The van der Waals surface area contributed by atoms with Gasteiger partial charge in [0.15, 0.2) is 0 Å². The standard InChI is InChI=1S/C18H22N2O2/c19-12-16-7-8-17(20(9-10-21)18(16)22)15-6-5-13-3-1-2-4-14(13)11-15/h5-8,11,21H,1-4,9-10,12,19H2. The first-order chi connectivity index (χ1) is 10.7. The van der Waals surface area contributed by atoms with E-state index in [0.717, 1.165) is 24.1 Å². The van der Waals surface area contributed by atoms with Crippen molar-refractivity contribution in [3.8, 4) is 11.3 Å². The molecule has 0 atom stereocenters. The number of nitrogens with two attached hydrogens (primary N) is 1. The van der Waals surface area contributed by atoms with Gasteiger partial charge in [0.05, 0.1) is 12.3 Å². The molecule has 0 spiro atoms. The van der Waals surface area contributed by atoms with Gasteiger partial charge in [0.1, 0.15) is 0 Å². The summed E-state index contributed by atoms with van der Waals surface area (Å²) in [6.45, 7) is 0.444. The predicted molar refractivity (Wildman–Crippen MR) is 87.8 cm³/mol. The van der Waals surface area contributed by atoms with Crippen molar-refractivity contribution in [3.05, 3.63) is 57.4 Å². The summed E-state index contributed by atoms with van der Waals surface area (Å²) in [5, 5.41) is 9.28. The molecule has 2 aromatic rings. The normalized spacial score (nSPS) is 13.9. The Morgan fingerprint density at radius 1 is 1.09 bits per heavy atom. The summed E-state index contributed by atoms with van der Waals surface area (Å²) >= 11 is 0. The molecule has 0 amide bonds. The van der Waals surface area contributed by atoms with Crippen LogP contribution in [0, 0.1) is 0 Å². The molecular weight excluding hydrogens is 276 g/mol. The van der Waals surface area contributed by atoms with Crippen LogP contribution in [0.3, 0.4) is 0 Å². The number of aliphatic hydroxyl groups is 1. The molecule has 4 heteroatoms. The second-order valence-electron chi connectivity index (χ2n) is 5.82. The molecule has 3 rings (SSSR count). The minimum Gasteiger partial charge on any atom is -0.395 e. The first kappa shape index (κ1) is 15.0. The number of fused-ring (bicyclic) bond motifs is 1. The van der Waals surface area contributed by atoms with E-state index in [1.54, 1.807) is 10.6 Å². The fourth-order valence-electron chi connectivity index (χ4n) is 3.25. The molecule has 4 nitrogen and oxygen atoms in total. The van der Waals surface area contributed by atoms with Crippen LogP contribution in [0.25, 0.3) is 11.3 Å². The lowest BCUT2D eigenvalue weighted by Gasteiger charge is -2.18. The number of hydrogen-bond acceptors (Lipinski definition) is 3. The lowest BCUT2D eigenvalue weighted by molar-refractivity contribution is 0.274. The lowest BCUT2D eigenvalue weighted by Crippen LogP contribution is -2.27. The van der Waals surface area contributed by atoms with Crippen LogP contribution < -0.4 is 11.3 Å². The topological polar surface area (TPSA) is 68.2 Å². The highest BCUT2D eigenvalue weighted by molar-refractivity contribution is 5.62. The largest absolute Gasteiger partial charge is 0.395 e. The Labute approximate surface area is 130 Å². The lowest BCUT2D eigenvalue weighted by atomic mass is 9.90. The highest BCUT2D eigenvalue weighted by Crippen LogP contribution is 2.27. The minimum absolute atomic E-state index is 0.0636. The Morgan fingerprint density at radius 2 is 1.86 bits per heavy atom. The number of aryl methyl sites for hydroxylation is 2. The molecule has 1 aliphatic carbocycles. The maximum atomic E-state index is 12.4. The molecule has 0 bridgehead atoms. The van der Waals surface area contributed by atoms with Crippen LogP contribution in [0.15, 0.2) is 35.1 Å². The van der Waals surface area contributed by atoms with Crippen LogP contribution >= 0.6 is 0 Å². The number of nitrogens with zero attached hydrogens (tertiary/aromatic N) is 1. The zero-order chi connectivity index (χ0) is 15.5. The quantitative estimate of drug-likeness (QED) is 0.905. The Kier molecular flexibility index (Phi) is 4.41. The highest BCUT2D eigenvalue weighted by atomic mass is 16.3. The van der Waals surface area contributed by atoms with Crippen molar-refractivity contribution in [3.63, 3.8) is 0 Å². The van der Waals surface area contributed by atoms with E-state index in [-0.39, 0.29) is 18.7 Å². The van der Waals surface area contributed by atoms with Crippen LogP contribution in [0.1, 0.15) is 29.5 Å². The summed E-state index contributed by atoms with van der Waals surface area (Å²) in [7, 11) is 0. The van der Waals surface area contributed by atoms with Gasteiger partial charge in [0.2, 0.25) is 0 Å². The third-order valence-corrected chi connectivity index (χ3v) is 4.44. The molecule has 3 N–H and O–H groups in total. The minimum atomic E-state index is -0.105. The zero-order valence-corrected chi connectivity index (χ0v) is 12.7. The summed E-state index contributed by atoms with van der Waals surface area (Å²) in [5.74, 6) is 0. The second kappa shape index (κ2) is 6.46. The van der Waals surface area contributed by atoms with Gasteiger partial charge < -0.3 is 15.4 Å². The van der Waals surface area contributed by atoms with Gasteiger partial charge in [-0.25, -0.2) is 0 Å². The monoisotopic (exact) mass is 298 g/mol. The summed E-state index contributed by atoms with van der Waals surface area (Å²) < 4.78 is 1.63. The molecule has 0 aliphatic heterocycles. The Balaban J connectivity index is 2.11. The molecule has 1 aromatic heterocycles. The van der Waals surface area contributed by atoms with E-state index >= 15 is 0 Å². The molecule has 0 radical (unpaired) electrons. The molecule has 0 unspecified atom stereocenters. The van der Waals surface area contributed by atoms with E-state index in [4.69, 9.17) is 5.73 Å². The van der Waals surface area contributed by atoms with Gasteiger partial charge in [0.25, 0.3) is 5.56 Å². The van der Waals surface area contributed by atoms with E-state index in [0.29, 0.717) is 12.1 Å². The molecule has 116 valence electrons. The second-order valence-corrected chi connectivity index (χ2v) is 5.82. The fraction of sp³-hybridized carbons (Fsp3) is 0.389. The third-order valence-electron chi connectivity index (χ3n) is 4.44. The Bertz CT molecular complexity index is 734. The van der Waals surface area contributed by atoms with Crippen molar-refractivity contribution in [1.29, 1.82) is 0 Å². The van der Waals surface area contributed by atoms with Gasteiger partial charge in [-0.05, 0) is 54.5 Å². The van der Waals surface area contributed by atoms with Gasteiger partial charge >= 0.3 is 0 Å². The van der Waals surface area contributed by atoms with Crippen LogP contribution in [0.5, 0.6) is 0 Å². The molecule has 22 heavy (non-hydrogen) atoms. The van der Waals surface area contributed by atoms with Crippen LogP contribution in [-0.4, -0.2) is 16.3 Å². The molecule has 1 aliphatic rings. The van der Waals surface area contributed by atoms with Gasteiger partial charge in [-0.1, -0.05) is 18.2 Å². The Morgan fingerprint density at radius 3 is 2.59 bits per heavy atom. The third kappa shape index (κ3) is 2.72. The van der Waals surface area contributed by atoms with Crippen molar-refractivity contribution >= 4 is 0 Å². The first-order valence-corrected chi connectivity index (χ1v) is 7.90. The SMILES string of the molecule is NCc1ccc(-c2ccc3c(c2)CCCC3)n(CCO)c1=O. The molecule has 0 saturated carbocycles. The molecule has 0 fully saturated rings. The Hall–Kier alpha value is -1.91. The average Bonchev–Trinajstić information content (AvgIpc) is 2.56. The maximum Gasteiger partial charge on any atom is 0.255 e. The van der Waals surface area contributed by atoms with Gasteiger partial charge in [-0.15, -0.1) is 0 Å². The van der Waals surface area contributed by atoms with E-state index in [9.17, 15) is 9.90 Å². The van der Waals surface area contributed by atoms with E-state index < -0.39 is 0 Å². The number of pyridine rings is 1. The molecule has 1 aromatic carbocycles. The molecule has 0 saturated heterocycles. The zero-order valence-electron chi connectivity index (χ0n) is 12.7. The van der Waals surface area contributed by atoms with Crippen molar-refractivity contribution in [2.24, 2.45) is 5.73 Å². The van der Waals surface area contributed by atoms with E-state index in [2.05, 4.69) is 18.2 Å². The first-order valence-electron chi connectivity index (χ1n) is 7.90. The van der Waals surface area contributed by atoms with E-state index in [1.807, 2.05) is 6.07 Å². The number of aromatic nitrogens is 1. The summed E-state index contributed by atoms with van der Waals surface area (Å²) in [6, 6.07) is 10.2. The number of aliphatic hydroxyl groups excluding tert-OH is 1. The van der Waals surface area contributed by atoms with Crippen molar-refractivity contribution in [2.75, 3.05) is 6.61 Å². The summed E-state index contributed by atoms with van der Waals surface area (Å²) in [5.41, 5.74) is 10.8. The van der Waals surface area contributed by atoms with Crippen molar-refractivity contribution < 1.29 is 5.11 Å². The fourth-order valence-corrected chi connectivity index (χ4v) is 3.25. The highest BCUT2D eigenvalue weighted by Gasteiger charge is 2.13. The van der Waals surface area contributed by atoms with Crippen molar-refractivity contribution in [2.45, 2.75) is 38.8 Å². The van der Waals surface area contributed by atoms with Crippen molar-refractivity contribution in [1.82, 2.24) is 4.57 Å². The predicted octanol–water partition coefficient (Wildman–Crippen LogP) is 1.85. The summed E-state index contributed by atoms with van der Waals surface area (Å²) in [4.78, 5) is 12.4. The van der Waals surface area contributed by atoms with Crippen LogP contribution in [0.4, 0.5) is 0 Å². The number of rotatable bonds is 4. The summed E-state index contributed by atoms with van der Waals surface area (Å²) in [6.07, 6.45) is 4.73. The maximum absolute atomic E-state index is 12.4. The van der Waals surface area contributed by atoms with Crippen LogP contribution in [-0.2, 0) is 25.9 Å². The number of benzene rings is 1.